The fourth-order valence-corrected chi connectivity index (χ4v) is 4.47. The standard InChI is InChI=1S/C23H23N5O3/c1-15(28-22(31)17-7-3-2-6-16(17)14-24-28)21(30)27-12-10-23(11-13-27)25-19-9-5-4-8-18(19)20(29)26-23/h2-9,14-15,25H,10-13H2,1H3,(H,26,29)/t15-/m0/s1. The normalized spacial score (nSPS) is 18.2. The highest BCUT2D eigenvalue weighted by molar-refractivity contribution is 6.02. The number of para-hydroxylation sites is 1. The van der Waals surface area contributed by atoms with Gasteiger partial charge in [0.25, 0.3) is 11.5 Å². The van der Waals surface area contributed by atoms with E-state index in [1.807, 2.05) is 30.3 Å². The van der Waals surface area contributed by atoms with Gasteiger partial charge in [0.2, 0.25) is 5.91 Å². The van der Waals surface area contributed by atoms with Gasteiger partial charge in [-0.2, -0.15) is 5.10 Å². The van der Waals surface area contributed by atoms with E-state index in [-0.39, 0.29) is 17.4 Å². The number of nitrogens with one attached hydrogen (secondary N) is 2. The van der Waals surface area contributed by atoms with E-state index in [1.54, 1.807) is 36.2 Å². The van der Waals surface area contributed by atoms with Crippen LogP contribution < -0.4 is 16.2 Å². The highest BCUT2D eigenvalue weighted by atomic mass is 16.2. The molecule has 0 aliphatic carbocycles. The van der Waals surface area contributed by atoms with Crippen LogP contribution in [0.3, 0.4) is 0 Å². The van der Waals surface area contributed by atoms with Gasteiger partial charge >= 0.3 is 0 Å². The summed E-state index contributed by atoms with van der Waals surface area (Å²) in [6.45, 7) is 2.65. The summed E-state index contributed by atoms with van der Waals surface area (Å²) >= 11 is 0. The van der Waals surface area contributed by atoms with Crippen molar-refractivity contribution in [2.24, 2.45) is 0 Å². The Kier molecular flexibility index (Phi) is 4.50. The van der Waals surface area contributed by atoms with Gasteiger partial charge in [-0.3, -0.25) is 14.4 Å². The van der Waals surface area contributed by atoms with E-state index in [1.165, 1.54) is 4.68 Å². The first-order valence-electron chi connectivity index (χ1n) is 10.4. The van der Waals surface area contributed by atoms with Crippen LogP contribution >= 0.6 is 0 Å². The molecule has 0 bridgehead atoms. The topological polar surface area (TPSA) is 96.3 Å². The lowest BCUT2D eigenvalue weighted by molar-refractivity contribution is -0.136. The van der Waals surface area contributed by atoms with Gasteiger partial charge in [-0.25, -0.2) is 4.68 Å². The first-order valence-corrected chi connectivity index (χ1v) is 10.4. The molecule has 2 aliphatic heterocycles. The Balaban J connectivity index is 1.32. The Morgan fingerprint density at radius 3 is 2.55 bits per heavy atom. The molecule has 1 saturated heterocycles. The quantitative estimate of drug-likeness (QED) is 0.666. The van der Waals surface area contributed by atoms with Gasteiger partial charge in [0, 0.05) is 37.0 Å². The van der Waals surface area contributed by atoms with Crippen molar-refractivity contribution in [3.63, 3.8) is 0 Å². The van der Waals surface area contributed by atoms with Crippen molar-refractivity contribution in [2.45, 2.75) is 31.5 Å². The molecule has 2 amide bonds. The molecule has 0 saturated carbocycles. The SMILES string of the molecule is C[C@@H](C(=O)N1CCC2(CC1)NC(=O)c1ccccc1N2)n1ncc2ccccc2c1=O. The number of aromatic nitrogens is 2. The van der Waals surface area contributed by atoms with Crippen molar-refractivity contribution < 1.29 is 9.59 Å². The van der Waals surface area contributed by atoms with Crippen molar-refractivity contribution in [2.75, 3.05) is 18.4 Å². The van der Waals surface area contributed by atoms with Crippen LogP contribution in [0.2, 0.25) is 0 Å². The van der Waals surface area contributed by atoms with E-state index >= 15 is 0 Å². The number of carbonyl (C=O) groups excluding carboxylic acids is 2. The molecule has 158 valence electrons. The molecule has 2 aliphatic rings. The molecule has 0 radical (unpaired) electrons. The number of nitrogens with zero attached hydrogens (tertiary/aromatic N) is 3. The highest BCUT2D eigenvalue weighted by Gasteiger charge is 2.41. The molecule has 1 aromatic heterocycles. The zero-order valence-electron chi connectivity index (χ0n) is 17.2. The predicted octanol–water partition coefficient (Wildman–Crippen LogP) is 2.13. The van der Waals surface area contributed by atoms with E-state index < -0.39 is 11.7 Å². The maximum atomic E-state index is 13.1. The Labute approximate surface area is 178 Å². The number of fused-ring (bicyclic) bond motifs is 2. The summed E-state index contributed by atoms with van der Waals surface area (Å²) in [5, 5.41) is 12.1. The molecule has 0 unspecified atom stereocenters. The molecule has 3 aromatic rings. The summed E-state index contributed by atoms with van der Waals surface area (Å²) in [6.07, 6.45) is 2.77. The third-order valence-electron chi connectivity index (χ3n) is 6.27. The summed E-state index contributed by atoms with van der Waals surface area (Å²) < 4.78 is 1.26. The van der Waals surface area contributed by atoms with Gasteiger partial charge in [0.15, 0.2) is 0 Å². The Morgan fingerprint density at radius 1 is 1.03 bits per heavy atom. The second-order valence-electron chi connectivity index (χ2n) is 8.19. The number of anilines is 1. The minimum Gasteiger partial charge on any atom is -0.362 e. The van der Waals surface area contributed by atoms with Crippen LogP contribution in [0.25, 0.3) is 10.8 Å². The third-order valence-corrected chi connectivity index (χ3v) is 6.27. The van der Waals surface area contributed by atoms with E-state index in [9.17, 15) is 14.4 Å². The van der Waals surface area contributed by atoms with Gasteiger partial charge < -0.3 is 15.5 Å². The average Bonchev–Trinajstić information content (AvgIpc) is 2.79. The summed E-state index contributed by atoms with van der Waals surface area (Å²) in [6, 6.07) is 13.9. The number of hydrogen-bond donors (Lipinski definition) is 2. The molecular weight excluding hydrogens is 394 g/mol. The lowest BCUT2D eigenvalue weighted by Crippen LogP contribution is -2.63. The number of amides is 2. The van der Waals surface area contributed by atoms with Crippen LogP contribution in [0.4, 0.5) is 5.69 Å². The Hall–Kier alpha value is -3.68. The maximum Gasteiger partial charge on any atom is 0.275 e. The minimum atomic E-state index is -0.708. The predicted molar refractivity (Wildman–Crippen MR) is 117 cm³/mol. The van der Waals surface area contributed by atoms with E-state index in [4.69, 9.17) is 0 Å². The Morgan fingerprint density at radius 2 is 1.74 bits per heavy atom. The van der Waals surface area contributed by atoms with Crippen LogP contribution in [0.5, 0.6) is 0 Å². The van der Waals surface area contributed by atoms with Gasteiger partial charge in [-0.1, -0.05) is 30.3 Å². The van der Waals surface area contributed by atoms with E-state index in [2.05, 4.69) is 15.7 Å². The number of benzene rings is 2. The molecule has 1 atom stereocenters. The first kappa shape index (κ1) is 19.3. The summed E-state index contributed by atoms with van der Waals surface area (Å²) in [4.78, 5) is 40.2. The molecule has 8 heteroatoms. The molecule has 3 heterocycles. The largest absolute Gasteiger partial charge is 0.362 e. The summed E-state index contributed by atoms with van der Waals surface area (Å²) in [5.74, 6) is -0.253. The molecule has 31 heavy (non-hydrogen) atoms. The number of carbonyl (C=O) groups is 2. The maximum absolute atomic E-state index is 13.1. The lowest BCUT2D eigenvalue weighted by atomic mass is 9.92. The molecule has 2 N–H and O–H groups in total. The molecule has 1 spiro atoms. The molecule has 2 aromatic carbocycles. The lowest BCUT2D eigenvalue weighted by Gasteiger charge is -2.46. The van der Waals surface area contributed by atoms with Crippen molar-refractivity contribution in [1.82, 2.24) is 20.0 Å². The first-order chi connectivity index (χ1) is 15.0. The van der Waals surface area contributed by atoms with Crippen LogP contribution in [-0.4, -0.2) is 45.2 Å². The molecule has 1 fully saturated rings. The van der Waals surface area contributed by atoms with E-state index in [0.29, 0.717) is 36.9 Å². The van der Waals surface area contributed by atoms with Gasteiger partial charge in [-0.05, 0) is 25.1 Å². The number of likely N-dealkylation sites (tertiary alicyclic amines) is 1. The highest BCUT2D eigenvalue weighted by Crippen LogP contribution is 2.31. The smallest absolute Gasteiger partial charge is 0.275 e. The second-order valence-corrected chi connectivity index (χ2v) is 8.19. The van der Waals surface area contributed by atoms with Crippen molar-refractivity contribution in [3.05, 3.63) is 70.6 Å². The van der Waals surface area contributed by atoms with Crippen molar-refractivity contribution in [3.8, 4) is 0 Å². The molecule has 8 nitrogen and oxygen atoms in total. The zero-order chi connectivity index (χ0) is 21.6. The Bertz CT molecular complexity index is 1240. The van der Waals surface area contributed by atoms with Crippen LogP contribution in [0.1, 0.15) is 36.2 Å². The average molecular weight is 417 g/mol. The number of rotatable bonds is 2. The van der Waals surface area contributed by atoms with E-state index in [0.717, 1.165) is 11.1 Å². The van der Waals surface area contributed by atoms with Crippen LogP contribution in [0.15, 0.2) is 59.5 Å². The van der Waals surface area contributed by atoms with Gasteiger partial charge in [0.05, 0.1) is 17.1 Å². The number of hydrogen-bond acceptors (Lipinski definition) is 5. The van der Waals surface area contributed by atoms with Crippen molar-refractivity contribution >= 4 is 28.3 Å². The number of piperidine rings is 1. The summed E-state index contributed by atoms with van der Waals surface area (Å²) in [5.41, 5.74) is 0.599. The van der Waals surface area contributed by atoms with Crippen LogP contribution in [-0.2, 0) is 4.79 Å². The fourth-order valence-electron chi connectivity index (χ4n) is 4.47. The second kappa shape index (κ2) is 7.23. The fraction of sp³-hybridized carbons (Fsp3) is 0.304. The monoisotopic (exact) mass is 417 g/mol. The zero-order valence-corrected chi connectivity index (χ0v) is 17.2. The molecular formula is C23H23N5O3. The van der Waals surface area contributed by atoms with Crippen LogP contribution in [0, 0.1) is 0 Å². The molecule has 5 rings (SSSR count). The summed E-state index contributed by atoms with van der Waals surface area (Å²) in [7, 11) is 0. The minimum absolute atomic E-state index is 0.102. The van der Waals surface area contributed by atoms with Gasteiger partial charge in [-0.15, -0.1) is 0 Å². The van der Waals surface area contributed by atoms with Gasteiger partial charge in [0.1, 0.15) is 11.7 Å². The van der Waals surface area contributed by atoms with Crippen molar-refractivity contribution in [1.29, 1.82) is 0 Å². The third kappa shape index (κ3) is 3.24.